The summed E-state index contributed by atoms with van der Waals surface area (Å²) in [6.07, 6.45) is -0.674. The molecule has 0 aromatic heterocycles. The number of hydrogen-bond acceptors (Lipinski definition) is 3. The predicted molar refractivity (Wildman–Crippen MR) is 91.4 cm³/mol. The SMILES string of the molecule is COc1ccc(CNC(=O)[C@@H](C)Oc2ccc(Cl)cc2Cl)cc1. The summed E-state index contributed by atoms with van der Waals surface area (Å²) in [6, 6.07) is 12.3. The smallest absolute Gasteiger partial charge is 0.261 e. The van der Waals surface area contributed by atoms with Crippen LogP contribution in [-0.2, 0) is 11.3 Å². The van der Waals surface area contributed by atoms with E-state index in [4.69, 9.17) is 32.7 Å². The Morgan fingerprint density at radius 3 is 2.48 bits per heavy atom. The van der Waals surface area contributed by atoms with E-state index >= 15 is 0 Å². The first-order valence-electron chi connectivity index (χ1n) is 7.02. The van der Waals surface area contributed by atoms with Crippen LogP contribution in [0.4, 0.5) is 0 Å². The maximum Gasteiger partial charge on any atom is 0.261 e. The molecule has 2 aromatic carbocycles. The highest BCUT2D eigenvalue weighted by molar-refractivity contribution is 6.35. The molecule has 0 bridgehead atoms. The van der Waals surface area contributed by atoms with E-state index in [0.717, 1.165) is 11.3 Å². The number of benzene rings is 2. The van der Waals surface area contributed by atoms with Crippen LogP contribution < -0.4 is 14.8 Å². The van der Waals surface area contributed by atoms with E-state index in [-0.39, 0.29) is 5.91 Å². The number of methoxy groups -OCH3 is 1. The molecule has 23 heavy (non-hydrogen) atoms. The van der Waals surface area contributed by atoms with E-state index in [2.05, 4.69) is 5.32 Å². The number of carbonyl (C=O) groups excluding carboxylic acids is 1. The number of amides is 1. The van der Waals surface area contributed by atoms with E-state index in [0.29, 0.717) is 22.3 Å². The maximum absolute atomic E-state index is 12.1. The second-order valence-electron chi connectivity index (χ2n) is 4.90. The number of halogens is 2. The van der Waals surface area contributed by atoms with Gasteiger partial charge >= 0.3 is 0 Å². The monoisotopic (exact) mass is 353 g/mol. The van der Waals surface area contributed by atoms with Crippen LogP contribution in [0.25, 0.3) is 0 Å². The molecule has 1 atom stereocenters. The summed E-state index contributed by atoms with van der Waals surface area (Å²) in [7, 11) is 1.61. The molecular formula is C17H17Cl2NO3. The highest BCUT2D eigenvalue weighted by Crippen LogP contribution is 2.28. The van der Waals surface area contributed by atoms with Crippen molar-refractivity contribution in [1.82, 2.24) is 5.32 Å². The van der Waals surface area contributed by atoms with Crippen molar-refractivity contribution in [3.63, 3.8) is 0 Å². The van der Waals surface area contributed by atoms with Crippen LogP contribution in [0.15, 0.2) is 42.5 Å². The van der Waals surface area contributed by atoms with Crippen LogP contribution in [0.1, 0.15) is 12.5 Å². The van der Waals surface area contributed by atoms with Gasteiger partial charge in [0.15, 0.2) is 6.10 Å². The molecule has 0 aliphatic rings. The molecule has 2 rings (SSSR count). The number of rotatable bonds is 6. The minimum atomic E-state index is -0.674. The lowest BCUT2D eigenvalue weighted by Crippen LogP contribution is -2.35. The van der Waals surface area contributed by atoms with Crippen LogP contribution >= 0.6 is 23.2 Å². The van der Waals surface area contributed by atoms with Gasteiger partial charge in [0.05, 0.1) is 12.1 Å². The lowest BCUT2D eigenvalue weighted by molar-refractivity contribution is -0.127. The molecule has 4 nitrogen and oxygen atoms in total. The average molecular weight is 354 g/mol. The molecule has 0 aliphatic heterocycles. The summed E-state index contributed by atoms with van der Waals surface area (Å²) in [5.74, 6) is 0.962. The number of ether oxygens (including phenoxy) is 2. The van der Waals surface area contributed by atoms with Crippen molar-refractivity contribution < 1.29 is 14.3 Å². The van der Waals surface area contributed by atoms with Gasteiger partial charge in [-0.15, -0.1) is 0 Å². The summed E-state index contributed by atoms with van der Waals surface area (Å²) >= 11 is 11.9. The van der Waals surface area contributed by atoms with Gasteiger partial charge in [0, 0.05) is 11.6 Å². The Hall–Kier alpha value is -1.91. The van der Waals surface area contributed by atoms with Crippen molar-refractivity contribution in [2.75, 3.05) is 7.11 Å². The second kappa shape index (κ2) is 8.09. The predicted octanol–water partition coefficient (Wildman–Crippen LogP) is 4.09. The highest BCUT2D eigenvalue weighted by Gasteiger charge is 2.16. The second-order valence-corrected chi connectivity index (χ2v) is 5.74. The fraction of sp³-hybridized carbons (Fsp3) is 0.235. The Kier molecular flexibility index (Phi) is 6.13. The molecule has 0 aliphatic carbocycles. The van der Waals surface area contributed by atoms with Crippen molar-refractivity contribution in [2.24, 2.45) is 0 Å². The van der Waals surface area contributed by atoms with Gasteiger partial charge < -0.3 is 14.8 Å². The third-order valence-electron chi connectivity index (χ3n) is 3.19. The molecule has 0 heterocycles. The van der Waals surface area contributed by atoms with Gasteiger partial charge in [0.2, 0.25) is 0 Å². The first-order chi connectivity index (χ1) is 11.0. The topological polar surface area (TPSA) is 47.6 Å². The summed E-state index contributed by atoms with van der Waals surface area (Å²) < 4.78 is 10.7. The lowest BCUT2D eigenvalue weighted by Gasteiger charge is -2.16. The number of nitrogens with one attached hydrogen (secondary N) is 1. The van der Waals surface area contributed by atoms with Crippen molar-refractivity contribution in [3.05, 3.63) is 58.1 Å². The first kappa shape index (κ1) is 17.4. The molecule has 122 valence electrons. The molecule has 0 saturated carbocycles. The Bertz CT molecular complexity index is 674. The van der Waals surface area contributed by atoms with Crippen molar-refractivity contribution in [1.29, 1.82) is 0 Å². The molecule has 1 amide bonds. The molecule has 2 aromatic rings. The van der Waals surface area contributed by atoms with Crippen molar-refractivity contribution in [2.45, 2.75) is 19.6 Å². The summed E-state index contributed by atoms with van der Waals surface area (Å²) in [6.45, 7) is 2.07. The largest absolute Gasteiger partial charge is 0.497 e. The fourth-order valence-electron chi connectivity index (χ4n) is 1.89. The van der Waals surface area contributed by atoms with E-state index in [1.807, 2.05) is 24.3 Å². The van der Waals surface area contributed by atoms with Crippen LogP contribution in [0, 0.1) is 0 Å². The molecule has 0 fully saturated rings. The van der Waals surface area contributed by atoms with Gasteiger partial charge in [-0.25, -0.2) is 0 Å². The molecule has 0 saturated heterocycles. The zero-order valence-electron chi connectivity index (χ0n) is 12.8. The average Bonchev–Trinajstić information content (AvgIpc) is 2.55. The van der Waals surface area contributed by atoms with Crippen molar-refractivity contribution >= 4 is 29.1 Å². The number of hydrogen-bond donors (Lipinski definition) is 1. The van der Waals surface area contributed by atoms with Crippen LogP contribution in [0.3, 0.4) is 0 Å². The highest BCUT2D eigenvalue weighted by atomic mass is 35.5. The lowest BCUT2D eigenvalue weighted by atomic mass is 10.2. The standard InChI is InChI=1S/C17H17Cl2NO3/c1-11(23-16-8-5-13(18)9-15(16)19)17(21)20-10-12-3-6-14(22-2)7-4-12/h3-9,11H,10H2,1-2H3,(H,20,21)/t11-/m1/s1. The van der Waals surface area contributed by atoms with E-state index < -0.39 is 6.10 Å². The van der Waals surface area contributed by atoms with Gasteiger partial charge in [-0.3, -0.25) is 4.79 Å². The summed E-state index contributed by atoms with van der Waals surface area (Å²) in [5, 5.41) is 3.69. The molecule has 0 spiro atoms. The van der Waals surface area contributed by atoms with E-state index in [1.165, 1.54) is 0 Å². The normalized spacial score (nSPS) is 11.7. The van der Waals surface area contributed by atoms with Crippen LogP contribution in [-0.4, -0.2) is 19.1 Å². The Balaban J connectivity index is 1.89. The molecular weight excluding hydrogens is 337 g/mol. The summed E-state index contributed by atoms with van der Waals surface area (Å²) in [4.78, 5) is 12.1. The van der Waals surface area contributed by atoms with E-state index in [9.17, 15) is 4.79 Å². The summed E-state index contributed by atoms with van der Waals surface area (Å²) in [5.41, 5.74) is 0.968. The van der Waals surface area contributed by atoms with E-state index in [1.54, 1.807) is 32.2 Å². The minimum Gasteiger partial charge on any atom is -0.497 e. The zero-order chi connectivity index (χ0) is 16.8. The fourth-order valence-corrected chi connectivity index (χ4v) is 2.34. The Morgan fingerprint density at radius 1 is 1.17 bits per heavy atom. The third kappa shape index (κ3) is 5.05. The minimum absolute atomic E-state index is 0.230. The van der Waals surface area contributed by atoms with Crippen molar-refractivity contribution in [3.8, 4) is 11.5 Å². The van der Waals surface area contributed by atoms with Gasteiger partial charge in [-0.2, -0.15) is 0 Å². The van der Waals surface area contributed by atoms with Crippen LogP contribution in [0.2, 0.25) is 10.0 Å². The van der Waals surface area contributed by atoms with Gasteiger partial charge in [-0.1, -0.05) is 35.3 Å². The quantitative estimate of drug-likeness (QED) is 0.850. The zero-order valence-corrected chi connectivity index (χ0v) is 14.3. The molecule has 0 unspecified atom stereocenters. The Morgan fingerprint density at radius 2 is 1.87 bits per heavy atom. The van der Waals surface area contributed by atoms with Crippen LogP contribution in [0.5, 0.6) is 11.5 Å². The molecule has 0 radical (unpaired) electrons. The van der Waals surface area contributed by atoms with Gasteiger partial charge in [-0.05, 0) is 42.8 Å². The molecule has 1 N–H and O–H groups in total. The first-order valence-corrected chi connectivity index (χ1v) is 7.77. The van der Waals surface area contributed by atoms with Gasteiger partial charge in [0.25, 0.3) is 5.91 Å². The third-order valence-corrected chi connectivity index (χ3v) is 3.72. The van der Waals surface area contributed by atoms with Gasteiger partial charge in [0.1, 0.15) is 11.5 Å². The number of carbonyl (C=O) groups is 1. The molecule has 6 heteroatoms. The Labute approximate surface area is 145 Å². The maximum atomic E-state index is 12.1.